The Morgan fingerprint density at radius 1 is 0.862 bits per heavy atom. The minimum atomic E-state index is -1.49. The molecule has 0 spiro atoms. The number of carboxylic acids is 2. The second-order valence-corrected chi connectivity index (χ2v) is 5.58. The van der Waals surface area contributed by atoms with Crippen LogP contribution >= 0.6 is 0 Å². The first-order valence-corrected chi connectivity index (χ1v) is 7.97. The molecule has 2 aliphatic rings. The van der Waals surface area contributed by atoms with Gasteiger partial charge in [0, 0.05) is 28.2 Å². The van der Waals surface area contributed by atoms with E-state index in [-0.39, 0.29) is 25.8 Å². The molecule has 2 aliphatic carbocycles. The van der Waals surface area contributed by atoms with Crippen LogP contribution in [0.5, 0.6) is 0 Å². The first-order chi connectivity index (χ1) is 12.9. The van der Waals surface area contributed by atoms with E-state index in [1.165, 1.54) is 11.4 Å². The third kappa shape index (κ3) is 18.6. The van der Waals surface area contributed by atoms with Gasteiger partial charge in [-0.25, -0.2) is 21.7 Å². The molecular weight excluding hydrogens is 543 g/mol. The summed E-state index contributed by atoms with van der Waals surface area (Å²) < 4.78 is 0. The van der Waals surface area contributed by atoms with Crippen LogP contribution in [0.25, 0.3) is 0 Å². The Labute approximate surface area is 190 Å². The van der Waals surface area contributed by atoms with Gasteiger partial charge in [0.05, 0.1) is 0 Å². The maximum Gasteiger partial charge on any atom is 4.00 e. The summed E-state index contributed by atoms with van der Waals surface area (Å²) in [5.74, 6) is -5.13. The molecule has 9 heteroatoms. The van der Waals surface area contributed by atoms with Gasteiger partial charge in [0.1, 0.15) is 0 Å². The van der Waals surface area contributed by atoms with E-state index >= 15 is 0 Å². The molecule has 29 heavy (non-hydrogen) atoms. The van der Waals surface area contributed by atoms with E-state index in [0.29, 0.717) is 0 Å². The summed E-state index contributed by atoms with van der Waals surface area (Å²) in [7, 11) is 8.10. The maximum absolute atomic E-state index is 9.43. The SMILES string of the molecule is C=C([O-])C(=O)O.C=C([O-])C(=O)O.CN(C)C1=[C-]CC=C1.CN(C)C1=[C-]CC=C1.[Hf+4]. The van der Waals surface area contributed by atoms with Gasteiger partial charge in [0.25, 0.3) is 0 Å². The minimum Gasteiger partial charge on any atom is -0.868 e. The topological polar surface area (TPSA) is 127 Å². The summed E-state index contributed by atoms with van der Waals surface area (Å²) in [5.41, 5.74) is 2.40. The number of hydrogen-bond acceptors (Lipinski definition) is 6. The summed E-state index contributed by atoms with van der Waals surface area (Å²) in [6.07, 6.45) is 16.7. The molecule has 0 aromatic heterocycles. The molecule has 8 nitrogen and oxygen atoms in total. The van der Waals surface area contributed by atoms with E-state index in [1.54, 1.807) is 0 Å². The van der Waals surface area contributed by atoms with Crippen molar-refractivity contribution in [3.05, 3.63) is 72.5 Å². The molecule has 0 atom stereocenters. The molecule has 0 amide bonds. The normalized spacial score (nSPS) is 12.1. The molecule has 0 aromatic carbocycles. The van der Waals surface area contributed by atoms with Crippen molar-refractivity contribution in [2.75, 3.05) is 28.2 Å². The molecule has 0 fully saturated rings. The van der Waals surface area contributed by atoms with Crippen molar-refractivity contribution in [1.82, 2.24) is 9.80 Å². The van der Waals surface area contributed by atoms with E-state index in [2.05, 4.69) is 59.4 Å². The fourth-order valence-electron chi connectivity index (χ4n) is 1.40. The molecule has 0 saturated heterocycles. The van der Waals surface area contributed by atoms with E-state index < -0.39 is 23.5 Å². The minimum absolute atomic E-state index is 0. The number of carboxylic acid groups (broad SMARTS) is 2. The number of aliphatic carboxylic acids is 2. The van der Waals surface area contributed by atoms with Gasteiger partial charge in [-0.15, -0.1) is 24.2 Å². The van der Waals surface area contributed by atoms with Gasteiger partial charge in [-0.2, -0.15) is 24.3 Å². The first kappa shape index (κ1) is 31.2. The summed E-state index contributed by atoms with van der Waals surface area (Å²) in [5, 5.41) is 34.0. The second-order valence-electron chi connectivity index (χ2n) is 5.58. The monoisotopic (exact) mass is 570 g/mol. The van der Waals surface area contributed by atoms with Crippen LogP contribution < -0.4 is 10.2 Å². The number of rotatable bonds is 4. The van der Waals surface area contributed by atoms with Crippen LogP contribution in [0, 0.1) is 12.2 Å². The van der Waals surface area contributed by atoms with Crippen molar-refractivity contribution < 1.29 is 55.9 Å². The predicted molar refractivity (Wildman–Crippen MR) is 102 cm³/mol. The molecule has 0 unspecified atom stereocenters. The average Bonchev–Trinajstić information content (AvgIpc) is 3.30. The van der Waals surface area contributed by atoms with Gasteiger partial charge >= 0.3 is 37.8 Å². The molecular formula is C20H26HfN2O6. The Morgan fingerprint density at radius 2 is 1.10 bits per heavy atom. The Hall–Kier alpha value is -2.55. The number of likely N-dealkylation sites (N-methyl/N-ethyl adjacent to an activating group) is 2. The van der Waals surface area contributed by atoms with Gasteiger partial charge in [0.2, 0.25) is 0 Å². The summed E-state index contributed by atoms with van der Waals surface area (Å²) in [6, 6.07) is 0. The molecule has 0 aliphatic heterocycles. The van der Waals surface area contributed by atoms with Crippen molar-refractivity contribution in [2.45, 2.75) is 12.8 Å². The third-order valence-corrected chi connectivity index (χ3v) is 2.79. The zero-order chi connectivity index (χ0) is 22.3. The van der Waals surface area contributed by atoms with Gasteiger partial charge < -0.3 is 30.2 Å². The van der Waals surface area contributed by atoms with Crippen LogP contribution in [0.2, 0.25) is 0 Å². The smallest absolute Gasteiger partial charge is 0.868 e. The third-order valence-electron chi connectivity index (χ3n) is 2.79. The Bertz CT molecular complexity index is 594. The van der Waals surface area contributed by atoms with E-state index in [4.69, 9.17) is 10.2 Å². The zero-order valence-corrected chi connectivity index (χ0v) is 20.7. The molecule has 0 radical (unpaired) electrons. The quantitative estimate of drug-likeness (QED) is 0.214. The van der Waals surface area contributed by atoms with Gasteiger partial charge in [-0.05, 0) is 11.5 Å². The fourth-order valence-corrected chi connectivity index (χ4v) is 1.40. The van der Waals surface area contributed by atoms with Crippen molar-refractivity contribution >= 4 is 11.9 Å². The van der Waals surface area contributed by atoms with E-state index in [0.717, 1.165) is 12.8 Å². The molecule has 0 heterocycles. The molecule has 2 rings (SSSR count). The molecule has 0 saturated carbocycles. The molecule has 0 bridgehead atoms. The summed E-state index contributed by atoms with van der Waals surface area (Å²) in [6.45, 7) is 5.20. The van der Waals surface area contributed by atoms with Crippen LogP contribution in [0.3, 0.4) is 0 Å². The second kappa shape index (κ2) is 17.5. The number of hydrogen-bond donors (Lipinski definition) is 2. The van der Waals surface area contributed by atoms with Crippen molar-refractivity contribution in [2.24, 2.45) is 0 Å². The van der Waals surface area contributed by atoms with Crippen LogP contribution in [-0.4, -0.2) is 60.1 Å². The Morgan fingerprint density at radius 3 is 1.17 bits per heavy atom. The number of carbonyl (C=O) groups is 2. The first-order valence-electron chi connectivity index (χ1n) is 7.97. The summed E-state index contributed by atoms with van der Waals surface area (Å²) >= 11 is 0. The average molecular weight is 569 g/mol. The Kier molecular flexibility index (Phi) is 18.8. The van der Waals surface area contributed by atoms with Crippen LogP contribution in [-0.2, 0) is 35.4 Å². The van der Waals surface area contributed by atoms with E-state index in [9.17, 15) is 19.8 Å². The van der Waals surface area contributed by atoms with Crippen molar-refractivity contribution in [3.8, 4) is 0 Å². The standard InChI is InChI=1S/2C7H10N.2C3H4O3.Hf/c2*1-8(2)7-5-3-4-6-7;2*1-2(4)3(5)6;/h2*3,5H,4H2,1-2H3;2*4H,1H2,(H,5,6);/q2*-1;;;+4/p-2. The molecule has 2 N–H and O–H groups in total. The molecule has 0 aromatic rings. The fraction of sp³-hybridized carbons (Fsp3) is 0.300. The zero-order valence-electron chi connectivity index (χ0n) is 17.1. The van der Waals surface area contributed by atoms with E-state index in [1.807, 2.05) is 28.2 Å². The van der Waals surface area contributed by atoms with Gasteiger partial charge in [-0.1, -0.05) is 13.2 Å². The van der Waals surface area contributed by atoms with Gasteiger partial charge in [-0.3, -0.25) is 0 Å². The predicted octanol–water partition coefficient (Wildman–Crippen LogP) is 0.277. The van der Waals surface area contributed by atoms with Crippen LogP contribution in [0.4, 0.5) is 0 Å². The van der Waals surface area contributed by atoms with Gasteiger partial charge in [0.15, 0.2) is 0 Å². The largest absolute Gasteiger partial charge is 4.00 e. The molecule has 156 valence electrons. The number of allylic oxidation sites excluding steroid dienone is 6. The van der Waals surface area contributed by atoms with Crippen molar-refractivity contribution in [1.29, 1.82) is 0 Å². The van der Waals surface area contributed by atoms with Crippen LogP contribution in [0.15, 0.2) is 60.4 Å². The van der Waals surface area contributed by atoms with Crippen molar-refractivity contribution in [3.63, 3.8) is 0 Å². The van der Waals surface area contributed by atoms with Crippen LogP contribution in [0.1, 0.15) is 12.8 Å². The maximum atomic E-state index is 9.43. The summed E-state index contributed by atoms with van der Waals surface area (Å²) in [4.78, 5) is 22.7. The number of nitrogens with zero attached hydrogens (tertiary/aromatic N) is 2. The Balaban J connectivity index is -0.000000311.